The van der Waals surface area contributed by atoms with Crippen molar-refractivity contribution in [2.75, 3.05) is 26.4 Å². The van der Waals surface area contributed by atoms with Crippen LogP contribution < -0.4 is 5.11 Å². The number of carboxylic acid groups (broad SMARTS) is 1. The third-order valence-electron chi connectivity index (χ3n) is 3.33. The third kappa shape index (κ3) is 18.4. The third-order valence-corrected chi connectivity index (χ3v) is 3.33. The van der Waals surface area contributed by atoms with E-state index in [0.29, 0.717) is 26.4 Å². The second-order valence-corrected chi connectivity index (χ2v) is 6.19. The van der Waals surface area contributed by atoms with Crippen molar-refractivity contribution in [3.05, 3.63) is 0 Å². The van der Waals surface area contributed by atoms with E-state index in [1.54, 1.807) is 0 Å². The molecule has 0 bridgehead atoms. The Hall–Kier alpha value is -0.770. The van der Waals surface area contributed by atoms with Crippen LogP contribution in [-0.2, 0) is 24.1 Å². The first-order valence-corrected chi connectivity index (χ1v) is 10.2. The average molecular weight is 396 g/mol. The number of carbonyl (C=O) groups is 1. The maximum Gasteiger partial charge on any atom is 0.247 e. The van der Waals surface area contributed by atoms with Crippen molar-refractivity contribution in [3.8, 4) is 0 Å². The summed E-state index contributed by atoms with van der Waals surface area (Å²) < 4.78 is 0. The largest absolute Gasteiger partial charge is 0.547 e. The van der Waals surface area contributed by atoms with Gasteiger partial charge in [0.1, 0.15) is 26.4 Å². The molecular weight excluding hydrogens is 354 g/mol. The van der Waals surface area contributed by atoms with Crippen LogP contribution in [-0.4, -0.2) is 48.7 Å². The lowest BCUT2D eigenvalue weighted by atomic mass is 10.4. The summed E-state index contributed by atoms with van der Waals surface area (Å²) in [6, 6.07) is 0. The van der Waals surface area contributed by atoms with Gasteiger partial charge in [-0.25, -0.2) is 0 Å². The summed E-state index contributed by atoms with van der Waals surface area (Å²) in [7, 11) is 0. The molecule has 27 heavy (non-hydrogen) atoms. The van der Waals surface area contributed by atoms with E-state index < -0.39 is 17.2 Å². The van der Waals surface area contributed by atoms with Crippen LogP contribution in [0.1, 0.15) is 86.0 Å². The fourth-order valence-corrected chi connectivity index (χ4v) is 1.51. The first-order valence-electron chi connectivity index (χ1n) is 10.2. The summed E-state index contributed by atoms with van der Waals surface area (Å²) in [5.41, 5.74) is 0. The molecule has 0 aliphatic heterocycles. The highest BCUT2D eigenvalue weighted by Crippen LogP contribution is 2.17. The van der Waals surface area contributed by atoms with Gasteiger partial charge in [0.05, 0.1) is 12.1 Å². The molecule has 1 unspecified atom stereocenters. The van der Waals surface area contributed by atoms with E-state index in [0.717, 1.165) is 58.3 Å². The number of aliphatic carboxylic acids is 1. The molecule has 0 saturated carbocycles. The highest BCUT2D eigenvalue weighted by Gasteiger charge is 2.38. The van der Waals surface area contributed by atoms with E-state index in [4.69, 9.17) is 24.5 Å². The van der Waals surface area contributed by atoms with Crippen LogP contribution in [0.5, 0.6) is 0 Å². The summed E-state index contributed by atoms with van der Waals surface area (Å²) in [6.07, 6.45) is 6.79. The number of rotatable bonds is 17. The van der Waals surface area contributed by atoms with Crippen LogP contribution in [0.3, 0.4) is 0 Å². The Morgan fingerprint density at radius 3 is 1.15 bits per heavy atom. The Kier molecular flexibility index (Phi) is 21.0. The minimum absolute atomic E-state index is 0.556. The number of aliphatic hydroxyl groups is 1. The van der Waals surface area contributed by atoms with Crippen molar-refractivity contribution in [3.63, 3.8) is 0 Å². The second kappa shape index (κ2) is 20.0. The molecule has 0 aromatic heterocycles. The average Bonchev–Trinajstić information content (AvgIpc) is 2.63. The molecule has 0 radical (unpaired) electrons. The fraction of sp³-hybridized carbons (Fsp3) is 0.947. The highest BCUT2D eigenvalue weighted by atomic mass is 17.4. The molecule has 1 N–H and O–H groups in total. The van der Waals surface area contributed by atoms with Gasteiger partial charge >= 0.3 is 0 Å². The normalized spacial score (nSPS) is 12.4. The maximum absolute atomic E-state index is 9.34. The number of carboxylic acids is 1. The van der Waals surface area contributed by atoms with Gasteiger partial charge in [0, 0.05) is 0 Å². The monoisotopic (exact) mass is 395 g/mol. The zero-order valence-electron chi connectivity index (χ0n) is 17.9. The Morgan fingerprint density at radius 1 is 0.778 bits per heavy atom. The van der Waals surface area contributed by atoms with Gasteiger partial charge in [-0.2, -0.15) is 0 Å². The lowest BCUT2D eigenvalue weighted by Crippen LogP contribution is -2.48. The van der Waals surface area contributed by atoms with E-state index in [-0.39, 0.29) is 0 Å². The number of aliphatic hydroxyl groups excluding tert-OH is 1. The Labute approximate surface area is 164 Å². The lowest BCUT2D eigenvalue weighted by Gasteiger charge is -2.26. The Morgan fingerprint density at radius 2 is 1.00 bits per heavy atom. The number of hydrogen-bond donors (Lipinski definition) is 1. The molecule has 0 heterocycles. The van der Waals surface area contributed by atoms with Crippen LogP contribution in [0.4, 0.5) is 0 Å². The van der Waals surface area contributed by atoms with Gasteiger partial charge in [-0.1, -0.05) is 72.7 Å². The molecule has 164 valence electrons. The van der Waals surface area contributed by atoms with Crippen molar-refractivity contribution >= 4 is 5.97 Å². The molecule has 1 atom stereocenters. The zero-order valence-corrected chi connectivity index (χ0v) is 17.9. The highest BCUT2D eigenvalue weighted by molar-refractivity contribution is 5.68. The molecule has 0 aromatic carbocycles. The predicted octanol–water partition coefficient (Wildman–Crippen LogP) is 2.85. The number of quaternary nitrogens is 1. The second-order valence-electron chi connectivity index (χ2n) is 6.19. The number of unbranched alkanes of at least 4 members (excludes halogenated alkanes) is 4. The molecule has 0 rings (SSSR count). The Bertz CT molecular complexity index is 282. The number of nitrogens with zero attached hydrogens (tertiary/aromatic N) is 1. The van der Waals surface area contributed by atoms with Gasteiger partial charge in [-0.15, -0.1) is 0 Å². The van der Waals surface area contributed by atoms with Gasteiger partial charge in [0.25, 0.3) is 0 Å². The first-order chi connectivity index (χ1) is 12.9. The van der Waals surface area contributed by atoms with Crippen LogP contribution >= 0.6 is 0 Å². The molecule has 8 nitrogen and oxygen atoms in total. The van der Waals surface area contributed by atoms with Crippen molar-refractivity contribution in [1.82, 2.24) is 0 Å². The van der Waals surface area contributed by atoms with Crippen molar-refractivity contribution < 1.29 is 39.5 Å². The summed E-state index contributed by atoms with van der Waals surface area (Å²) in [6.45, 7) is 11.9. The van der Waals surface area contributed by atoms with Crippen LogP contribution in [0.15, 0.2) is 0 Å². The Balaban J connectivity index is 0. The SMILES string of the molecule is CC(O)C(=O)[O-].CCCCO[N+](OCCCC)(OCCCC)OCCCC. The quantitative estimate of drug-likeness (QED) is 0.230. The van der Waals surface area contributed by atoms with Gasteiger partial charge in [-0.05, 0) is 32.6 Å². The van der Waals surface area contributed by atoms with Gasteiger partial charge in [0.2, 0.25) is 5.14 Å². The molecule has 0 aliphatic rings. The van der Waals surface area contributed by atoms with Gasteiger partial charge < -0.3 is 15.0 Å². The molecular formula is C19H41NO7. The summed E-state index contributed by atoms with van der Waals surface area (Å²) in [5, 5.41) is 16.8. The smallest absolute Gasteiger partial charge is 0.247 e. The molecule has 0 aliphatic carbocycles. The van der Waals surface area contributed by atoms with E-state index in [1.165, 1.54) is 0 Å². The van der Waals surface area contributed by atoms with Crippen LogP contribution in [0.25, 0.3) is 0 Å². The minimum Gasteiger partial charge on any atom is -0.547 e. The van der Waals surface area contributed by atoms with E-state index in [2.05, 4.69) is 27.7 Å². The topological polar surface area (TPSA) is 97.3 Å². The predicted molar refractivity (Wildman–Crippen MR) is 100 cm³/mol. The first kappa shape index (κ1) is 28.4. The fourth-order valence-electron chi connectivity index (χ4n) is 1.51. The lowest BCUT2D eigenvalue weighted by molar-refractivity contribution is -1.47. The van der Waals surface area contributed by atoms with Crippen LogP contribution in [0.2, 0.25) is 0 Å². The van der Waals surface area contributed by atoms with E-state index >= 15 is 0 Å². The summed E-state index contributed by atoms with van der Waals surface area (Å²) in [4.78, 5) is 32.5. The van der Waals surface area contributed by atoms with Crippen molar-refractivity contribution in [2.45, 2.75) is 92.1 Å². The minimum atomic E-state index is -1.44. The van der Waals surface area contributed by atoms with Crippen LogP contribution in [0, 0.1) is 0 Å². The van der Waals surface area contributed by atoms with Crippen molar-refractivity contribution in [2.24, 2.45) is 0 Å². The molecule has 8 heteroatoms. The number of hydrogen-bond acceptors (Lipinski definition) is 7. The standard InChI is InChI=1S/C16H36NO4.C3H6O3/c1-5-9-13-18-17(19-14-10-6-2,20-15-11-7-3)21-16-12-8-4;1-2(4)3(5)6/h5-16H2,1-4H3;2,4H,1H3,(H,5,6)/q+1;/p-1. The van der Waals surface area contributed by atoms with Crippen molar-refractivity contribution in [1.29, 1.82) is 0 Å². The molecule has 0 aromatic rings. The van der Waals surface area contributed by atoms with E-state index in [9.17, 15) is 9.90 Å². The zero-order chi connectivity index (χ0) is 21.0. The molecule has 0 spiro atoms. The summed E-state index contributed by atoms with van der Waals surface area (Å²) >= 11 is 0. The molecule has 0 amide bonds. The summed E-state index contributed by atoms with van der Waals surface area (Å²) in [5.74, 6) is -1.44. The van der Waals surface area contributed by atoms with Gasteiger partial charge in [-0.3, -0.25) is 0 Å². The van der Waals surface area contributed by atoms with E-state index in [1.807, 2.05) is 0 Å². The molecule has 0 fully saturated rings. The number of carbonyl (C=O) groups excluding carboxylic acids is 1. The maximum atomic E-state index is 9.34. The molecule has 0 saturated heterocycles. The van der Waals surface area contributed by atoms with Gasteiger partial charge in [0.15, 0.2) is 0 Å².